The molecule has 0 aliphatic heterocycles. The van der Waals surface area contributed by atoms with Gasteiger partial charge in [0.2, 0.25) is 0 Å². The average Bonchev–Trinajstić information content (AvgIpc) is 0.763. The first-order chi connectivity index (χ1) is 65.1. The summed E-state index contributed by atoms with van der Waals surface area (Å²) in [5, 5.41) is 0. The van der Waals surface area contributed by atoms with Crippen LogP contribution in [-0.4, -0.2) is 0 Å². The van der Waals surface area contributed by atoms with E-state index in [0.29, 0.717) is 0 Å². The van der Waals surface area contributed by atoms with E-state index in [1.165, 1.54) is 179 Å². The molecule has 0 radical (unpaired) electrons. The van der Waals surface area contributed by atoms with Crippen molar-refractivity contribution in [3.05, 3.63) is 460 Å². The van der Waals surface area contributed by atoms with E-state index in [4.69, 9.17) is 0 Å². The minimum Gasteiger partial charge on any atom is -0.311 e. The van der Waals surface area contributed by atoms with Crippen molar-refractivity contribution in [3.8, 4) is 0 Å². The van der Waals surface area contributed by atoms with Crippen LogP contribution in [0.25, 0.3) is 0 Å². The molecule has 0 unspecified atom stereocenters. The van der Waals surface area contributed by atoms with E-state index < -0.39 is 0 Å². The molecule has 0 saturated heterocycles. The summed E-state index contributed by atoms with van der Waals surface area (Å²) in [6, 6.07) is 119. The number of aryl methyl sites for hydroxylation is 26. The van der Waals surface area contributed by atoms with Gasteiger partial charge in [-0.2, -0.15) is 0 Å². The highest BCUT2D eigenvalue weighted by molar-refractivity contribution is 5.93. The summed E-state index contributed by atoms with van der Waals surface area (Å²) in [5.41, 5.74) is 58.4. The van der Waals surface area contributed by atoms with E-state index in [1.807, 2.05) is 0 Å². The van der Waals surface area contributed by atoms with Gasteiger partial charge in [0.25, 0.3) is 0 Å². The molecule has 8 nitrogen and oxygen atoms in total. The summed E-state index contributed by atoms with van der Waals surface area (Å²) in [7, 11) is 0. The van der Waals surface area contributed by atoms with Crippen LogP contribution in [0.5, 0.6) is 0 Å². The number of hydrogen-bond donors (Lipinski definition) is 0. The maximum atomic E-state index is 2.50. The van der Waals surface area contributed by atoms with Crippen LogP contribution in [0.1, 0.15) is 145 Å². The zero-order chi connectivity index (χ0) is 96.3. The first-order valence-electron chi connectivity index (χ1n) is 48.0. The van der Waals surface area contributed by atoms with E-state index in [0.717, 1.165) is 102 Å². The Kier molecular flexibility index (Phi) is 26.1. The molecule has 17 rings (SSSR count). The van der Waals surface area contributed by atoms with Crippen LogP contribution in [0, 0.1) is 180 Å². The van der Waals surface area contributed by atoms with Gasteiger partial charge in [-0.15, -0.1) is 0 Å². The highest BCUT2D eigenvalue weighted by atomic mass is 15.2. The van der Waals surface area contributed by atoms with E-state index in [1.54, 1.807) is 0 Å². The minimum absolute atomic E-state index is 0.999. The van der Waals surface area contributed by atoms with E-state index in [9.17, 15) is 0 Å². The van der Waals surface area contributed by atoms with Gasteiger partial charge in [0, 0.05) is 91.0 Å². The predicted octanol–water partition coefficient (Wildman–Crippen LogP) is 37.5. The first kappa shape index (κ1) is 93.0. The summed E-state index contributed by atoms with van der Waals surface area (Å²) in [6.45, 7) is 57.9. The highest BCUT2D eigenvalue weighted by Gasteiger charge is 2.30. The van der Waals surface area contributed by atoms with Crippen molar-refractivity contribution in [1.82, 2.24) is 0 Å². The minimum atomic E-state index is 0.999. The molecule has 0 aliphatic rings. The van der Waals surface area contributed by atoms with Crippen molar-refractivity contribution in [3.63, 3.8) is 0 Å². The molecule has 8 heteroatoms. The Morgan fingerprint density at radius 1 is 0.0882 bits per heavy atom. The molecule has 0 aromatic heterocycles. The maximum Gasteiger partial charge on any atom is 0.0520 e. The van der Waals surface area contributed by atoms with Crippen LogP contribution < -0.4 is 39.2 Å². The molecule has 0 N–H and O–H groups in total. The molecule has 0 spiro atoms. The van der Waals surface area contributed by atoms with Crippen LogP contribution in [0.2, 0.25) is 0 Å². The fourth-order valence-corrected chi connectivity index (χ4v) is 22.1. The molecule has 0 atom stereocenters. The quantitative estimate of drug-likeness (QED) is 0.0591. The van der Waals surface area contributed by atoms with Crippen molar-refractivity contribution in [2.75, 3.05) is 39.2 Å². The van der Waals surface area contributed by atoms with Gasteiger partial charge < -0.3 is 39.2 Å². The lowest BCUT2D eigenvalue weighted by Gasteiger charge is -2.33. The number of hydrogen-bond acceptors (Lipinski definition) is 8. The van der Waals surface area contributed by atoms with Gasteiger partial charge in [-0.05, 0) is 463 Å². The molecule has 136 heavy (non-hydrogen) atoms. The lowest BCUT2D eigenvalue weighted by molar-refractivity contribution is 1.16. The molecule has 0 heterocycles. The summed E-state index contributed by atoms with van der Waals surface area (Å²) < 4.78 is 0. The monoisotopic (exact) mass is 1780 g/mol. The van der Waals surface area contributed by atoms with Gasteiger partial charge in [-0.1, -0.05) is 177 Å². The van der Waals surface area contributed by atoms with Crippen LogP contribution in [0.3, 0.4) is 0 Å². The molecule has 0 fully saturated rings. The third kappa shape index (κ3) is 18.6. The lowest BCUT2D eigenvalue weighted by Crippen LogP contribution is -2.17. The topological polar surface area (TPSA) is 25.9 Å². The second-order valence-corrected chi connectivity index (χ2v) is 38.9. The third-order valence-electron chi connectivity index (χ3n) is 27.0. The van der Waals surface area contributed by atoms with E-state index in [-0.39, 0.29) is 0 Å². The van der Waals surface area contributed by atoms with Crippen molar-refractivity contribution in [2.45, 2.75) is 180 Å². The molecule has 17 aromatic carbocycles. The van der Waals surface area contributed by atoms with Crippen molar-refractivity contribution in [1.29, 1.82) is 0 Å². The number of rotatable bonds is 24. The standard InChI is InChI=1S/C128H130N8/c1-79-27-31-105(32-28-79)129(111-43-49-114(50-44-111)132(121-89(11)63-81(3)64-90(121)12)116-53-59-119(60-54-116)135(125-97(19)71-85(7)72-98(125)20)126-99(21)73-86(8)74-100(126)22)107-35-39-109(40-36-107)131(110-41-37-108(38-42-110)130(106-33-29-80(2)30-34-106)113-47-57-118(58-48-113)134(123-93(15)67-83(5)68-94(123)16)124-95(17)69-84(6)70-96(124)18)112-45-51-115(52-46-112)133(122-91(13)65-82(4)66-92(122)14)117-55-61-120(62-56-117)136(127-101(23)75-87(9)76-102(127)24)128-103(25)77-88(10)78-104(128)26/h27-78H,1-26H3. The third-order valence-corrected chi connectivity index (χ3v) is 27.0. The highest BCUT2D eigenvalue weighted by Crippen LogP contribution is 2.53. The number of benzene rings is 17. The Morgan fingerprint density at radius 2 is 0.169 bits per heavy atom. The van der Waals surface area contributed by atoms with Gasteiger partial charge in [0.1, 0.15) is 0 Å². The van der Waals surface area contributed by atoms with Crippen LogP contribution in [-0.2, 0) is 0 Å². The van der Waals surface area contributed by atoms with Gasteiger partial charge in [-0.3, -0.25) is 0 Å². The van der Waals surface area contributed by atoms with E-state index >= 15 is 0 Å². The maximum absolute atomic E-state index is 2.50. The van der Waals surface area contributed by atoms with Crippen molar-refractivity contribution < 1.29 is 0 Å². The Hall–Kier alpha value is -14.9. The molecule has 682 valence electrons. The van der Waals surface area contributed by atoms with E-state index in [2.05, 4.69) is 535 Å². The van der Waals surface area contributed by atoms with Crippen molar-refractivity contribution in [2.24, 2.45) is 0 Å². The molecule has 0 amide bonds. The second kappa shape index (κ2) is 38.3. The predicted molar refractivity (Wildman–Crippen MR) is 587 cm³/mol. The molecule has 0 aliphatic carbocycles. The van der Waals surface area contributed by atoms with Crippen LogP contribution >= 0.6 is 0 Å². The SMILES string of the molecule is Cc1ccc(N(c2ccc(N(c3ccc(N(c4ccc(C)cc4)c4ccc(N(c5c(C)cc(C)cc5C)c5c(C)cc(C)cc5C)cc4)cc3)c3ccc(N(c4ccc(N(c5c(C)cc(C)cc5C)c5c(C)cc(C)cc5C)cc4)c4c(C)cc(C)cc4C)cc3)cc2)c2ccc(N(c3ccc(N(c4c(C)cc(C)cc4C)c4c(C)cc(C)cc4C)cc3)c3c(C)cc(C)cc3C)cc2)cc1. The number of nitrogens with zero attached hydrogens (tertiary/aromatic N) is 8. The smallest absolute Gasteiger partial charge is 0.0520 e. The largest absolute Gasteiger partial charge is 0.311 e. The average molecular weight is 1780 g/mol. The Balaban J connectivity index is 0.783. The zero-order valence-corrected chi connectivity index (χ0v) is 84.6. The van der Waals surface area contributed by atoms with Gasteiger partial charge >= 0.3 is 0 Å². The molecular weight excluding hydrogens is 1650 g/mol. The second-order valence-electron chi connectivity index (χ2n) is 38.9. The fraction of sp³-hybridized carbons (Fsp3) is 0.203. The van der Waals surface area contributed by atoms with Crippen LogP contribution in [0.15, 0.2) is 315 Å². The number of anilines is 24. The fourth-order valence-electron chi connectivity index (χ4n) is 22.1. The summed E-state index contributed by atoms with van der Waals surface area (Å²) in [6.07, 6.45) is 0. The first-order valence-corrected chi connectivity index (χ1v) is 48.0. The van der Waals surface area contributed by atoms with Gasteiger partial charge in [0.05, 0.1) is 45.5 Å². The summed E-state index contributed by atoms with van der Waals surface area (Å²) in [4.78, 5) is 19.6. The van der Waals surface area contributed by atoms with Gasteiger partial charge in [-0.25, -0.2) is 0 Å². The zero-order valence-electron chi connectivity index (χ0n) is 84.6. The lowest BCUT2D eigenvalue weighted by atomic mass is 9.98. The normalized spacial score (nSPS) is 11.3. The Morgan fingerprint density at radius 3 is 0.279 bits per heavy atom. The summed E-state index contributed by atoms with van der Waals surface area (Å²) in [5.74, 6) is 0. The van der Waals surface area contributed by atoms with Crippen molar-refractivity contribution >= 4 is 136 Å². The van der Waals surface area contributed by atoms with Gasteiger partial charge in [0.15, 0.2) is 0 Å². The molecular formula is C128H130N8. The molecule has 17 aromatic rings. The molecule has 0 bridgehead atoms. The Bertz CT molecular complexity index is 6990. The van der Waals surface area contributed by atoms with Crippen LogP contribution in [0.4, 0.5) is 136 Å². The Labute approximate surface area is 810 Å². The summed E-state index contributed by atoms with van der Waals surface area (Å²) >= 11 is 0. The molecule has 0 saturated carbocycles.